The molecular formula is C17H22N2O2. The molecule has 0 radical (unpaired) electrons. The van der Waals surface area contributed by atoms with Crippen LogP contribution in [0.2, 0.25) is 0 Å². The summed E-state index contributed by atoms with van der Waals surface area (Å²) in [6.07, 6.45) is 5.90. The van der Waals surface area contributed by atoms with Gasteiger partial charge in [0.25, 0.3) is 0 Å². The van der Waals surface area contributed by atoms with Crippen LogP contribution in [-0.2, 0) is 9.59 Å². The van der Waals surface area contributed by atoms with Gasteiger partial charge in [0.05, 0.1) is 0 Å². The Morgan fingerprint density at radius 3 is 2.24 bits per heavy atom. The third-order valence-corrected chi connectivity index (χ3v) is 4.82. The minimum Gasteiger partial charge on any atom is -0.326 e. The van der Waals surface area contributed by atoms with Crippen molar-refractivity contribution in [1.29, 1.82) is 0 Å². The van der Waals surface area contributed by atoms with Gasteiger partial charge in [-0.15, -0.1) is 0 Å². The van der Waals surface area contributed by atoms with E-state index in [0.29, 0.717) is 12.3 Å². The molecule has 0 heterocycles. The Bertz CT molecular complexity index is 538. The quantitative estimate of drug-likeness (QED) is 0.891. The first-order valence-corrected chi connectivity index (χ1v) is 7.77. The van der Waals surface area contributed by atoms with Gasteiger partial charge >= 0.3 is 0 Å². The lowest BCUT2D eigenvalue weighted by Crippen LogP contribution is -2.20. The Balaban J connectivity index is 1.51. The van der Waals surface area contributed by atoms with Crippen molar-refractivity contribution in [2.45, 2.75) is 39.0 Å². The SMILES string of the molecule is CC(=O)Nc1ccc(NC(=O)C[C@@H]2C[C@H]3CC[C@@H]2C3)cc1. The van der Waals surface area contributed by atoms with Crippen LogP contribution in [0.5, 0.6) is 0 Å². The summed E-state index contributed by atoms with van der Waals surface area (Å²) in [5.41, 5.74) is 1.53. The van der Waals surface area contributed by atoms with Crippen molar-refractivity contribution in [3.8, 4) is 0 Å². The van der Waals surface area contributed by atoms with Crippen molar-refractivity contribution in [3.63, 3.8) is 0 Å². The normalized spacial score (nSPS) is 26.6. The topological polar surface area (TPSA) is 58.2 Å². The lowest BCUT2D eigenvalue weighted by molar-refractivity contribution is -0.117. The number of carbonyl (C=O) groups excluding carboxylic acids is 2. The molecule has 2 bridgehead atoms. The Morgan fingerprint density at radius 1 is 1.05 bits per heavy atom. The first kappa shape index (κ1) is 14.1. The number of amides is 2. The van der Waals surface area contributed by atoms with E-state index in [-0.39, 0.29) is 11.8 Å². The second-order valence-electron chi connectivity index (χ2n) is 6.45. The van der Waals surface area contributed by atoms with E-state index < -0.39 is 0 Å². The smallest absolute Gasteiger partial charge is 0.224 e. The van der Waals surface area contributed by atoms with Gasteiger partial charge in [-0.05, 0) is 61.3 Å². The van der Waals surface area contributed by atoms with Crippen LogP contribution >= 0.6 is 0 Å². The minimum absolute atomic E-state index is 0.0944. The summed E-state index contributed by atoms with van der Waals surface area (Å²) in [5.74, 6) is 2.26. The van der Waals surface area contributed by atoms with Crippen LogP contribution in [0.4, 0.5) is 11.4 Å². The van der Waals surface area contributed by atoms with Crippen molar-refractivity contribution in [3.05, 3.63) is 24.3 Å². The number of fused-ring (bicyclic) bond motifs is 2. The van der Waals surface area contributed by atoms with Crippen molar-refractivity contribution in [2.24, 2.45) is 17.8 Å². The molecule has 1 aromatic rings. The zero-order chi connectivity index (χ0) is 14.8. The lowest BCUT2D eigenvalue weighted by Gasteiger charge is -2.20. The van der Waals surface area contributed by atoms with Gasteiger partial charge < -0.3 is 10.6 Å². The highest BCUT2D eigenvalue weighted by Gasteiger charge is 2.40. The molecule has 3 rings (SSSR count). The van der Waals surface area contributed by atoms with E-state index in [9.17, 15) is 9.59 Å². The highest BCUT2D eigenvalue weighted by molar-refractivity contribution is 5.92. The Kier molecular flexibility index (Phi) is 3.95. The van der Waals surface area contributed by atoms with Crippen LogP contribution in [0, 0.1) is 17.8 Å². The molecule has 2 aliphatic rings. The van der Waals surface area contributed by atoms with Gasteiger partial charge in [0, 0.05) is 24.7 Å². The van der Waals surface area contributed by atoms with Crippen LogP contribution in [0.1, 0.15) is 39.0 Å². The third kappa shape index (κ3) is 3.43. The highest BCUT2D eigenvalue weighted by atomic mass is 16.2. The lowest BCUT2D eigenvalue weighted by atomic mass is 9.86. The molecule has 4 nitrogen and oxygen atoms in total. The molecule has 1 aromatic carbocycles. The van der Waals surface area contributed by atoms with E-state index in [4.69, 9.17) is 0 Å². The van der Waals surface area contributed by atoms with Crippen LogP contribution in [-0.4, -0.2) is 11.8 Å². The van der Waals surface area contributed by atoms with Gasteiger partial charge in [0.1, 0.15) is 0 Å². The largest absolute Gasteiger partial charge is 0.326 e. The van der Waals surface area contributed by atoms with E-state index in [2.05, 4.69) is 10.6 Å². The van der Waals surface area contributed by atoms with Gasteiger partial charge in [-0.3, -0.25) is 9.59 Å². The predicted molar refractivity (Wildman–Crippen MR) is 82.9 cm³/mol. The molecule has 0 saturated heterocycles. The Hall–Kier alpha value is -1.84. The average molecular weight is 286 g/mol. The maximum absolute atomic E-state index is 12.1. The molecule has 2 aliphatic carbocycles. The summed E-state index contributed by atoms with van der Waals surface area (Å²) in [4.78, 5) is 23.1. The second-order valence-corrected chi connectivity index (χ2v) is 6.45. The van der Waals surface area contributed by atoms with Crippen LogP contribution < -0.4 is 10.6 Å². The average Bonchev–Trinajstić information content (AvgIpc) is 3.02. The summed E-state index contributed by atoms with van der Waals surface area (Å²) >= 11 is 0. The van der Waals surface area contributed by atoms with Crippen molar-refractivity contribution in [2.75, 3.05) is 10.6 Å². The molecule has 0 aromatic heterocycles. The summed E-state index contributed by atoms with van der Waals surface area (Å²) in [6, 6.07) is 7.25. The van der Waals surface area contributed by atoms with Gasteiger partial charge in [-0.1, -0.05) is 6.42 Å². The van der Waals surface area contributed by atoms with Crippen LogP contribution in [0.15, 0.2) is 24.3 Å². The maximum Gasteiger partial charge on any atom is 0.224 e. The Labute approximate surface area is 125 Å². The van der Waals surface area contributed by atoms with Crippen molar-refractivity contribution in [1.82, 2.24) is 0 Å². The number of rotatable bonds is 4. The number of nitrogens with one attached hydrogen (secondary N) is 2. The molecular weight excluding hydrogens is 264 g/mol. The second kappa shape index (κ2) is 5.88. The molecule has 21 heavy (non-hydrogen) atoms. The van der Waals surface area contributed by atoms with E-state index in [1.54, 1.807) is 12.1 Å². The van der Waals surface area contributed by atoms with E-state index >= 15 is 0 Å². The molecule has 2 saturated carbocycles. The van der Waals surface area contributed by atoms with Crippen molar-refractivity contribution < 1.29 is 9.59 Å². The molecule has 3 atom stereocenters. The Morgan fingerprint density at radius 2 is 1.71 bits per heavy atom. The molecule has 2 N–H and O–H groups in total. The zero-order valence-electron chi connectivity index (χ0n) is 12.4. The number of benzene rings is 1. The molecule has 0 spiro atoms. The van der Waals surface area contributed by atoms with E-state index in [1.165, 1.54) is 32.6 Å². The van der Waals surface area contributed by atoms with E-state index in [0.717, 1.165) is 23.2 Å². The fourth-order valence-electron chi connectivity index (χ4n) is 3.92. The molecule has 2 amide bonds. The maximum atomic E-state index is 12.1. The summed E-state index contributed by atoms with van der Waals surface area (Å²) in [6.45, 7) is 1.48. The zero-order valence-corrected chi connectivity index (χ0v) is 12.4. The van der Waals surface area contributed by atoms with Gasteiger partial charge in [0.15, 0.2) is 0 Å². The molecule has 112 valence electrons. The predicted octanol–water partition coefficient (Wildman–Crippen LogP) is 3.41. The number of hydrogen-bond acceptors (Lipinski definition) is 2. The summed E-state index contributed by atoms with van der Waals surface area (Å²) in [5, 5.41) is 5.67. The van der Waals surface area contributed by atoms with Crippen LogP contribution in [0.25, 0.3) is 0 Å². The number of hydrogen-bond donors (Lipinski definition) is 2. The highest BCUT2D eigenvalue weighted by Crippen LogP contribution is 2.49. The fourth-order valence-corrected chi connectivity index (χ4v) is 3.92. The minimum atomic E-state index is -0.0944. The van der Waals surface area contributed by atoms with Gasteiger partial charge in [0.2, 0.25) is 11.8 Å². The number of anilines is 2. The molecule has 4 heteroatoms. The number of carbonyl (C=O) groups is 2. The van der Waals surface area contributed by atoms with Gasteiger partial charge in [-0.2, -0.15) is 0 Å². The third-order valence-electron chi connectivity index (χ3n) is 4.82. The van der Waals surface area contributed by atoms with E-state index in [1.807, 2.05) is 12.1 Å². The fraction of sp³-hybridized carbons (Fsp3) is 0.529. The van der Waals surface area contributed by atoms with Crippen LogP contribution in [0.3, 0.4) is 0 Å². The molecule has 2 fully saturated rings. The van der Waals surface area contributed by atoms with Crippen molar-refractivity contribution >= 4 is 23.2 Å². The first-order chi connectivity index (χ1) is 10.1. The molecule has 0 unspecified atom stereocenters. The summed E-state index contributed by atoms with van der Waals surface area (Å²) < 4.78 is 0. The monoisotopic (exact) mass is 286 g/mol. The molecule has 0 aliphatic heterocycles. The summed E-state index contributed by atoms with van der Waals surface area (Å²) in [7, 11) is 0. The van der Waals surface area contributed by atoms with Gasteiger partial charge in [-0.25, -0.2) is 0 Å². The standard InChI is InChI=1S/C17H22N2O2/c1-11(20)18-15-4-6-16(7-5-15)19-17(21)10-14-9-12-2-3-13(14)8-12/h4-7,12-14H,2-3,8-10H2,1H3,(H,18,20)(H,19,21)/t12-,13+,14-/m0/s1. The first-order valence-electron chi connectivity index (χ1n) is 7.77.